The third kappa shape index (κ3) is 6.37. The molecule has 1 rings (SSSR count). The molecule has 3 heteroatoms. The van der Waals surface area contributed by atoms with Crippen LogP contribution in [0.5, 0.6) is 0 Å². The third-order valence-corrected chi connectivity index (χ3v) is 3.65. The van der Waals surface area contributed by atoms with E-state index >= 15 is 0 Å². The van der Waals surface area contributed by atoms with Gasteiger partial charge in [0.05, 0.1) is 6.10 Å². The highest BCUT2D eigenvalue weighted by atomic mass is 16.5. The van der Waals surface area contributed by atoms with Crippen LogP contribution in [0.2, 0.25) is 0 Å². The summed E-state index contributed by atoms with van der Waals surface area (Å²) in [6, 6.07) is 0. The van der Waals surface area contributed by atoms with Gasteiger partial charge in [0.15, 0.2) is 0 Å². The van der Waals surface area contributed by atoms with Crippen LogP contribution in [0.1, 0.15) is 39.5 Å². The minimum absolute atomic E-state index is 0.0966. The number of methoxy groups -OCH3 is 1. The van der Waals surface area contributed by atoms with Crippen molar-refractivity contribution in [2.24, 2.45) is 5.92 Å². The fraction of sp³-hybridized carbons (Fsp3) is 0.750. The first-order valence-electron chi connectivity index (χ1n) is 7.40. The summed E-state index contributed by atoms with van der Waals surface area (Å²) in [4.78, 5) is 0. The van der Waals surface area contributed by atoms with Crippen molar-refractivity contribution in [3.8, 4) is 0 Å². The highest BCUT2D eigenvalue weighted by Crippen LogP contribution is 2.15. The van der Waals surface area contributed by atoms with E-state index in [2.05, 4.69) is 24.4 Å². The van der Waals surface area contributed by atoms with Crippen LogP contribution >= 0.6 is 0 Å². The number of rotatable bonds is 1. The molecule has 1 aliphatic rings. The van der Waals surface area contributed by atoms with E-state index in [-0.39, 0.29) is 12.0 Å². The van der Waals surface area contributed by atoms with E-state index in [1.165, 1.54) is 24.8 Å². The van der Waals surface area contributed by atoms with Crippen LogP contribution in [0, 0.1) is 5.92 Å². The van der Waals surface area contributed by atoms with E-state index < -0.39 is 6.10 Å². The van der Waals surface area contributed by atoms with E-state index in [0.29, 0.717) is 0 Å². The molecule has 0 saturated heterocycles. The Bertz CT molecular complexity index is 299. The summed E-state index contributed by atoms with van der Waals surface area (Å²) in [5.74, 6) is 0.0966. The Morgan fingerprint density at radius 1 is 1.32 bits per heavy atom. The summed E-state index contributed by atoms with van der Waals surface area (Å²) in [7, 11) is 1.66. The molecule has 3 atom stereocenters. The monoisotopic (exact) mass is 267 g/mol. The number of hydrogen-bond acceptors (Lipinski definition) is 3. The Morgan fingerprint density at radius 2 is 2.11 bits per heavy atom. The molecule has 0 fully saturated rings. The van der Waals surface area contributed by atoms with Gasteiger partial charge in [0.25, 0.3) is 0 Å². The van der Waals surface area contributed by atoms with Crippen LogP contribution in [0.4, 0.5) is 0 Å². The Labute approximate surface area is 117 Å². The second-order valence-electron chi connectivity index (χ2n) is 5.52. The van der Waals surface area contributed by atoms with Crippen LogP contribution < -0.4 is 5.32 Å². The average Bonchev–Trinajstić information content (AvgIpc) is 2.39. The molecule has 0 amide bonds. The van der Waals surface area contributed by atoms with Crippen molar-refractivity contribution < 1.29 is 9.84 Å². The van der Waals surface area contributed by atoms with Crippen LogP contribution in [-0.4, -0.2) is 37.5 Å². The largest absolute Gasteiger partial charge is 0.389 e. The van der Waals surface area contributed by atoms with E-state index in [4.69, 9.17) is 4.74 Å². The lowest BCUT2D eigenvalue weighted by atomic mass is 9.96. The van der Waals surface area contributed by atoms with Crippen molar-refractivity contribution >= 4 is 0 Å². The molecule has 0 aromatic heterocycles. The molecule has 1 aliphatic heterocycles. The van der Waals surface area contributed by atoms with Crippen LogP contribution in [0.3, 0.4) is 0 Å². The second-order valence-corrected chi connectivity index (χ2v) is 5.52. The SMILES string of the molecule is COC1C=CCCCCCNCC(C)=CC(C)C1O. The summed E-state index contributed by atoms with van der Waals surface area (Å²) in [6.45, 7) is 6.14. The number of nitrogens with one attached hydrogen (secondary N) is 1. The van der Waals surface area contributed by atoms with Gasteiger partial charge in [-0.15, -0.1) is 0 Å². The van der Waals surface area contributed by atoms with Crippen molar-refractivity contribution in [2.75, 3.05) is 20.2 Å². The first kappa shape index (κ1) is 16.4. The van der Waals surface area contributed by atoms with Gasteiger partial charge in [0, 0.05) is 19.6 Å². The molecule has 0 spiro atoms. The third-order valence-electron chi connectivity index (χ3n) is 3.65. The molecule has 0 bridgehead atoms. The van der Waals surface area contributed by atoms with E-state index in [1.807, 2.05) is 13.0 Å². The molecular formula is C16H29NO2. The zero-order valence-corrected chi connectivity index (χ0v) is 12.6. The second kappa shape index (κ2) is 9.29. The minimum Gasteiger partial charge on any atom is -0.389 e. The Hall–Kier alpha value is -0.640. The maximum Gasteiger partial charge on any atom is 0.102 e. The molecule has 110 valence electrons. The number of hydrogen-bond donors (Lipinski definition) is 2. The van der Waals surface area contributed by atoms with Crippen molar-refractivity contribution in [3.63, 3.8) is 0 Å². The zero-order chi connectivity index (χ0) is 14.1. The summed E-state index contributed by atoms with van der Waals surface area (Å²) in [6.07, 6.45) is 10.3. The predicted octanol–water partition coefficient (Wildman–Crippen LogP) is 2.66. The van der Waals surface area contributed by atoms with Gasteiger partial charge in [-0.3, -0.25) is 0 Å². The number of allylic oxidation sites excluding steroid dienone is 1. The summed E-state index contributed by atoms with van der Waals surface area (Å²) in [5, 5.41) is 13.8. The summed E-state index contributed by atoms with van der Waals surface area (Å²) >= 11 is 0. The van der Waals surface area contributed by atoms with Gasteiger partial charge in [-0.05, 0) is 32.7 Å². The molecule has 0 aliphatic carbocycles. The van der Waals surface area contributed by atoms with Crippen molar-refractivity contribution in [1.29, 1.82) is 0 Å². The minimum atomic E-state index is -0.487. The highest BCUT2D eigenvalue weighted by Gasteiger charge is 2.21. The normalized spacial score (nSPS) is 31.6. The van der Waals surface area contributed by atoms with E-state index in [9.17, 15) is 5.11 Å². The van der Waals surface area contributed by atoms with Crippen molar-refractivity contribution in [1.82, 2.24) is 5.32 Å². The number of ether oxygens (including phenoxy) is 1. The van der Waals surface area contributed by atoms with Gasteiger partial charge in [0.2, 0.25) is 0 Å². The Balaban J connectivity index is 2.71. The first-order valence-corrected chi connectivity index (χ1v) is 7.40. The molecule has 0 saturated carbocycles. The molecule has 0 radical (unpaired) electrons. The molecular weight excluding hydrogens is 238 g/mol. The molecule has 0 aromatic carbocycles. The molecule has 0 aromatic rings. The molecule has 1 heterocycles. The standard InChI is InChI=1S/C16H29NO2/c1-13-11-14(2)16(18)15(19-3)9-7-5-4-6-8-10-17-12-13/h7,9,11,14-18H,4-6,8,10,12H2,1-3H3. The lowest BCUT2D eigenvalue weighted by Crippen LogP contribution is -2.32. The fourth-order valence-corrected chi connectivity index (χ4v) is 2.44. The smallest absolute Gasteiger partial charge is 0.102 e. The van der Waals surface area contributed by atoms with Gasteiger partial charge in [-0.2, -0.15) is 0 Å². The van der Waals surface area contributed by atoms with E-state index in [0.717, 1.165) is 19.5 Å². The van der Waals surface area contributed by atoms with E-state index in [1.54, 1.807) is 7.11 Å². The summed E-state index contributed by atoms with van der Waals surface area (Å²) in [5.41, 5.74) is 1.28. The topological polar surface area (TPSA) is 41.5 Å². The molecule has 2 N–H and O–H groups in total. The maximum atomic E-state index is 10.3. The van der Waals surface area contributed by atoms with Crippen molar-refractivity contribution in [3.05, 3.63) is 23.8 Å². The molecule has 19 heavy (non-hydrogen) atoms. The zero-order valence-electron chi connectivity index (χ0n) is 12.6. The Kier molecular flexibility index (Phi) is 8.03. The van der Waals surface area contributed by atoms with Crippen LogP contribution in [0.15, 0.2) is 23.8 Å². The fourth-order valence-electron chi connectivity index (χ4n) is 2.44. The van der Waals surface area contributed by atoms with Gasteiger partial charge in [-0.1, -0.05) is 37.1 Å². The van der Waals surface area contributed by atoms with Gasteiger partial charge < -0.3 is 15.2 Å². The first-order chi connectivity index (χ1) is 9.15. The van der Waals surface area contributed by atoms with Gasteiger partial charge >= 0.3 is 0 Å². The van der Waals surface area contributed by atoms with Crippen LogP contribution in [-0.2, 0) is 4.74 Å². The van der Waals surface area contributed by atoms with Gasteiger partial charge in [0.1, 0.15) is 6.10 Å². The highest BCUT2D eigenvalue weighted by molar-refractivity contribution is 5.06. The quantitative estimate of drug-likeness (QED) is 0.718. The van der Waals surface area contributed by atoms with Crippen LogP contribution in [0.25, 0.3) is 0 Å². The number of aliphatic hydroxyl groups is 1. The van der Waals surface area contributed by atoms with Gasteiger partial charge in [-0.25, -0.2) is 0 Å². The lowest BCUT2D eigenvalue weighted by molar-refractivity contribution is -0.00186. The number of aliphatic hydroxyl groups excluding tert-OH is 1. The lowest BCUT2D eigenvalue weighted by Gasteiger charge is -2.23. The Morgan fingerprint density at radius 3 is 2.84 bits per heavy atom. The summed E-state index contributed by atoms with van der Waals surface area (Å²) < 4.78 is 5.39. The predicted molar refractivity (Wildman–Crippen MR) is 80.2 cm³/mol. The average molecular weight is 267 g/mol. The molecule has 3 unspecified atom stereocenters. The maximum absolute atomic E-state index is 10.3. The molecule has 3 nitrogen and oxygen atoms in total. The van der Waals surface area contributed by atoms with Crippen molar-refractivity contribution in [2.45, 2.75) is 51.7 Å².